The van der Waals surface area contributed by atoms with Crippen molar-refractivity contribution in [3.8, 4) is 6.07 Å². The monoisotopic (exact) mass is 323 g/mol. The first-order chi connectivity index (χ1) is 11.4. The van der Waals surface area contributed by atoms with Gasteiger partial charge in [0.2, 0.25) is 0 Å². The molecule has 0 aliphatic rings. The molecule has 24 heavy (non-hydrogen) atoms. The third kappa shape index (κ3) is 3.90. The van der Waals surface area contributed by atoms with Crippen LogP contribution in [0.1, 0.15) is 21.7 Å². The van der Waals surface area contributed by atoms with Gasteiger partial charge >= 0.3 is 0 Å². The van der Waals surface area contributed by atoms with E-state index in [-0.39, 0.29) is 11.5 Å². The molecule has 2 aromatic rings. The van der Waals surface area contributed by atoms with Gasteiger partial charge in [0.1, 0.15) is 17.4 Å². The van der Waals surface area contributed by atoms with Gasteiger partial charge in [-0.25, -0.2) is 0 Å². The SMILES string of the molecule is Cc1ccoc1C=C(C#N)C(=O)Nc1ccc(C(=O)N(C)C)cc1. The van der Waals surface area contributed by atoms with E-state index in [1.54, 1.807) is 44.4 Å². The van der Waals surface area contributed by atoms with E-state index < -0.39 is 5.91 Å². The zero-order valence-corrected chi connectivity index (χ0v) is 13.7. The van der Waals surface area contributed by atoms with Crippen molar-refractivity contribution in [2.45, 2.75) is 6.92 Å². The predicted molar refractivity (Wildman–Crippen MR) is 90.1 cm³/mol. The Bertz CT molecular complexity index is 824. The molecule has 6 nitrogen and oxygen atoms in total. The highest BCUT2D eigenvalue weighted by Gasteiger charge is 2.12. The van der Waals surface area contributed by atoms with Crippen LogP contribution in [0, 0.1) is 18.3 Å². The average Bonchev–Trinajstić information content (AvgIpc) is 2.97. The number of rotatable bonds is 4. The van der Waals surface area contributed by atoms with Crippen molar-refractivity contribution in [2.24, 2.45) is 0 Å². The Hall–Kier alpha value is -3.33. The lowest BCUT2D eigenvalue weighted by molar-refractivity contribution is -0.112. The normalized spacial score (nSPS) is 10.8. The molecule has 0 fully saturated rings. The maximum absolute atomic E-state index is 12.2. The fraction of sp³-hybridized carbons (Fsp3) is 0.167. The van der Waals surface area contributed by atoms with E-state index in [0.29, 0.717) is 17.0 Å². The van der Waals surface area contributed by atoms with Crippen molar-refractivity contribution in [3.63, 3.8) is 0 Å². The van der Waals surface area contributed by atoms with Crippen molar-refractivity contribution in [2.75, 3.05) is 19.4 Å². The summed E-state index contributed by atoms with van der Waals surface area (Å²) >= 11 is 0. The summed E-state index contributed by atoms with van der Waals surface area (Å²) in [6.07, 6.45) is 2.89. The quantitative estimate of drug-likeness (QED) is 0.692. The summed E-state index contributed by atoms with van der Waals surface area (Å²) in [6, 6.07) is 10.1. The van der Waals surface area contributed by atoms with Gasteiger partial charge in [-0.3, -0.25) is 9.59 Å². The van der Waals surface area contributed by atoms with Crippen LogP contribution in [0.5, 0.6) is 0 Å². The molecule has 1 aromatic heterocycles. The van der Waals surface area contributed by atoms with Gasteiger partial charge in [-0.1, -0.05) is 0 Å². The maximum atomic E-state index is 12.2. The minimum Gasteiger partial charge on any atom is -0.465 e. The predicted octanol–water partition coefficient (Wildman–Crippen LogP) is 2.84. The molecule has 1 N–H and O–H groups in total. The second-order valence-electron chi connectivity index (χ2n) is 5.37. The van der Waals surface area contributed by atoms with Crippen molar-refractivity contribution in [1.29, 1.82) is 5.26 Å². The fourth-order valence-corrected chi connectivity index (χ4v) is 1.96. The highest BCUT2D eigenvalue weighted by molar-refractivity contribution is 6.09. The van der Waals surface area contributed by atoms with E-state index in [0.717, 1.165) is 5.56 Å². The van der Waals surface area contributed by atoms with E-state index >= 15 is 0 Å². The summed E-state index contributed by atoms with van der Waals surface area (Å²) in [5.74, 6) is -0.201. The molecule has 0 bridgehead atoms. The van der Waals surface area contributed by atoms with Gasteiger partial charge in [-0.05, 0) is 42.8 Å². The van der Waals surface area contributed by atoms with Crippen molar-refractivity contribution in [1.82, 2.24) is 4.90 Å². The molecule has 0 saturated heterocycles. The lowest BCUT2D eigenvalue weighted by atomic mass is 10.1. The van der Waals surface area contributed by atoms with Gasteiger partial charge in [0.25, 0.3) is 11.8 Å². The van der Waals surface area contributed by atoms with Crippen LogP contribution >= 0.6 is 0 Å². The minimum absolute atomic E-state index is 0.0681. The lowest BCUT2D eigenvalue weighted by Crippen LogP contribution is -2.21. The summed E-state index contributed by atoms with van der Waals surface area (Å²) < 4.78 is 5.21. The minimum atomic E-state index is -0.542. The van der Waals surface area contributed by atoms with Crippen LogP contribution in [0.3, 0.4) is 0 Å². The Morgan fingerprint density at radius 2 is 1.88 bits per heavy atom. The molecule has 0 atom stereocenters. The smallest absolute Gasteiger partial charge is 0.266 e. The number of hydrogen-bond acceptors (Lipinski definition) is 4. The number of carbonyl (C=O) groups is 2. The number of carbonyl (C=O) groups excluding carboxylic acids is 2. The molecule has 0 saturated carbocycles. The number of benzene rings is 1. The molecule has 0 aliphatic heterocycles. The molecule has 122 valence electrons. The molecular weight excluding hydrogens is 306 g/mol. The van der Waals surface area contributed by atoms with Crippen LogP contribution < -0.4 is 5.32 Å². The summed E-state index contributed by atoms with van der Waals surface area (Å²) in [4.78, 5) is 25.5. The molecule has 2 amide bonds. The number of furan rings is 1. The number of nitriles is 1. The summed E-state index contributed by atoms with van der Waals surface area (Å²) in [6.45, 7) is 1.82. The second kappa shape index (κ2) is 7.29. The lowest BCUT2D eigenvalue weighted by Gasteiger charge is -2.10. The van der Waals surface area contributed by atoms with Crippen LogP contribution in [-0.2, 0) is 4.79 Å². The zero-order chi connectivity index (χ0) is 17.7. The van der Waals surface area contributed by atoms with E-state index in [4.69, 9.17) is 4.42 Å². The van der Waals surface area contributed by atoms with Crippen molar-refractivity contribution in [3.05, 3.63) is 59.1 Å². The summed E-state index contributed by atoms with van der Waals surface area (Å²) in [5, 5.41) is 11.8. The molecule has 0 radical (unpaired) electrons. The third-order valence-electron chi connectivity index (χ3n) is 3.34. The van der Waals surface area contributed by atoms with Gasteiger partial charge in [0.15, 0.2) is 0 Å². The number of aryl methyl sites for hydroxylation is 1. The van der Waals surface area contributed by atoms with Crippen LogP contribution in [0.4, 0.5) is 5.69 Å². The standard InChI is InChI=1S/C18H17N3O3/c1-12-8-9-24-16(12)10-14(11-19)17(22)20-15-6-4-13(5-7-15)18(23)21(2)3/h4-10H,1-3H3,(H,20,22). The van der Waals surface area contributed by atoms with E-state index in [1.165, 1.54) is 17.2 Å². The largest absolute Gasteiger partial charge is 0.465 e. The molecule has 0 unspecified atom stereocenters. The number of nitrogens with one attached hydrogen (secondary N) is 1. The first kappa shape index (κ1) is 17.0. The second-order valence-corrected chi connectivity index (χ2v) is 5.37. The number of anilines is 1. The molecule has 2 rings (SSSR count). The molecular formula is C18H17N3O3. The zero-order valence-electron chi connectivity index (χ0n) is 13.7. The van der Waals surface area contributed by atoms with Crippen LogP contribution in [-0.4, -0.2) is 30.8 Å². The topological polar surface area (TPSA) is 86.3 Å². The fourth-order valence-electron chi connectivity index (χ4n) is 1.96. The number of nitrogens with zero attached hydrogens (tertiary/aromatic N) is 2. The van der Waals surface area contributed by atoms with Crippen molar-refractivity contribution >= 4 is 23.6 Å². The van der Waals surface area contributed by atoms with E-state index in [9.17, 15) is 14.9 Å². The first-order valence-corrected chi connectivity index (χ1v) is 7.21. The van der Waals surface area contributed by atoms with Crippen LogP contribution in [0.25, 0.3) is 6.08 Å². The van der Waals surface area contributed by atoms with Gasteiger partial charge < -0.3 is 14.6 Å². The molecule has 0 aliphatic carbocycles. The Kier molecular flexibility index (Phi) is 5.17. The first-order valence-electron chi connectivity index (χ1n) is 7.21. The van der Waals surface area contributed by atoms with Gasteiger partial charge in [0.05, 0.1) is 6.26 Å². The number of hydrogen-bond donors (Lipinski definition) is 1. The summed E-state index contributed by atoms with van der Waals surface area (Å²) in [5.41, 5.74) is 1.77. The Morgan fingerprint density at radius 1 is 1.21 bits per heavy atom. The maximum Gasteiger partial charge on any atom is 0.266 e. The third-order valence-corrected chi connectivity index (χ3v) is 3.34. The molecule has 1 aromatic carbocycles. The van der Waals surface area contributed by atoms with Gasteiger partial charge in [-0.15, -0.1) is 0 Å². The Morgan fingerprint density at radius 3 is 2.38 bits per heavy atom. The van der Waals surface area contributed by atoms with E-state index in [1.807, 2.05) is 13.0 Å². The van der Waals surface area contributed by atoms with Crippen LogP contribution in [0.15, 0.2) is 46.6 Å². The number of amides is 2. The van der Waals surface area contributed by atoms with Crippen LogP contribution in [0.2, 0.25) is 0 Å². The van der Waals surface area contributed by atoms with Gasteiger partial charge in [0, 0.05) is 31.4 Å². The molecule has 0 spiro atoms. The summed E-state index contributed by atoms with van der Waals surface area (Å²) in [7, 11) is 3.33. The highest BCUT2D eigenvalue weighted by Crippen LogP contribution is 2.16. The van der Waals surface area contributed by atoms with Gasteiger partial charge in [-0.2, -0.15) is 5.26 Å². The molecule has 6 heteroatoms. The average molecular weight is 323 g/mol. The van der Waals surface area contributed by atoms with E-state index in [2.05, 4.69) is 5.32 Å². The Labute approximate surface area is 140 Å². The molecule has 1 heterocycles. The Balaban J connectivity index is 2.14. The highest BCUT2D eigenvalue weighted by atomic mass is 16.3. The van der Waals surface area contributed by atoms with Crippen molar-refractivity contribution < 1.29 is 14.0 Å².